The molecule has 2 rings (SSSR count). The summed E-state index contributed by atoms with van der Waals surface area (Å²) in [7, 11) is 0. The first-order valence-corrected chi connectivity index (χ1v) is 4.71. The molecule has 0 aromatic carbocycles. The first kappa shape index (κ1) is 7.56. The number of hydrogen-bond acceptors (Lipinski definition) is 2. The molecule has 2 aliphatic rings. The fourth-order valence-corrected chi connectivity index (χ4v) is 1.70. The van der Waals surface area contributed by atoms with Gasteiger partial charge in [0, 0.05) is 12.1 Å². The zero-order valence-electron chi connectivity index (χ0n) is 7.23. The quantitative estimate of drug-likeness (QED) is 0.649. The Morgan fingerprint density at radius 3 is 2.82 bits per heavy atom. The van der Waals surface area contributed by atoms with Gasteiger partial charge < -0.3 is 10.1 Å². The lowest BCUT2D eigenvalue weighted by Crippen LogP contribution is -2.48. The van der Waals surface area contributed by atoms with Crippen LogP contribution in [0.5, 0.6) is 0 Å². The van der Waals surface area contributed by atoms with E-state index in [4.69, 9.17) is 4.74 Å². The summed E-state index contributed by atoms with van der Waals surface area (Å²) < 4.78 is 5.73. The van der Waals surface area contributed by atoms with Gasteiger partial charge in [-0.15, -0.1) is 0 Å². The monoisotopic (exact) mass is 155 g/mol. The van der Waals surface area contributed by atoms with Crippen molar-refractivity contribution >= 4 is 0 Å². The maximum atomic E-state index is 5.73. The highest BCUT2D eigenvalue weighted by Crippen LogP contribution is 2.37. The third kappa shape index (κ3) is 1.57. The van der Waals surface area contributed by atoms with E-state index in [0.717, 1.165) is 13.2 Å². The zero-order valence-corrected chi connectivity index (χ0v) is 7.23. The number of rotatable bonds is 2. The van der Waals surface area contributed by atoms with Crippen LogP contribution in [0.3, 0.4) is 0 Å². The van der Waals surface area contributed by atoms with E-state index < -0.39 is 0 Å². The highest BCUT2D eigenvalue weighted by molar-refractivity contribution is 5.04. The van der Waals surface area contributed by atoms with Crippen molar-refractivity contribution in [3.63, 3.8) is 0 Å². The van der Waals surface area contributed by atoms with Crippen LogP contribution in [-0.4, -0.2) is 24.8 Å². The van der Waals surface area contributed by atoms with E-state index in [1.54, 1.807) is 0 Å². The van der Waals surface area contributed by atoms with Crippen LogP contribution in [0.15, 0.2) is 0 Å². The molecule has 0 bridgehead atoms. The van der Waals surface area contributed by atoms with Gasteiger partial charge in [0.15, 0.2) is 0 Å². The smallest absolute Gasteiger partial charge is 0.0700 e. The number of hydrogen-bond donors (Lipinski definition) is 1. The van der Waals surface area contributed by atoms with Crippen LogP contribution in [0.1, 0.15) is 32.6 Å². The summed E-state index contributed by atoms with van der Waals surface area (Å²) in [4.78, 5) is 0. The van der Waals surface area contributed by atoms with Gasteiger partial charge in [-0.2, -0.15) is 0 Å². The average molecular weight is 155 g/mol. The predicted molar refractivity (Wildman–Crippen MR) is 44.6 cm³/mol. The van der Waals surface area contributed by atoms with Crippen molar-refractivity contribution in [2.24, 2.45) is 0 Å². The van der Waals surface area contributed by atoms with Gasteiger partial charge in [0.25, 0.3) is 0 Å². The van der Waals surface area contributed by atoms with Gasteiger partial charge in [-0.25, -0.2) is 0 Å². The minimum Gasteiger partial charge on any atom is -0.375 e. The molecule has 1 atom stereocenters. The second-order valence-corrected chi connectivity index (χ2v) is 3.88. The molecule has 0 amide bonds. The SMILES string of the molecule is CCCC1CNC2(CC2)CO1. The largest absolute Gasteiger partial charge is 0.375 e. The minimum absolute atomic E-state index is 0.435. The van der Waals surface area contributed by atoms with E-state index in [-0.39, 0.29) is 0 Å². The molecule has 2 heteroatoms. The van der Waals surface area contributed by atoms with Crippen LogP contribution in [0.25, 0.3) is 0 Å². The molecule has 0 radical (unpaired) electrons. The van der Waals surface area contributed by atoms with Gasteiger partial charge in [0.05, 0.1) is 12.7 Å². The van der Waals surface area contributed by atoms with E-state index in [9.17, 15) is 0 Å². The van der Waals surface area contributed by atoms with Gasteiger partial charge in [-0.05, 0) is 19.3 Å². The minimum atomic E-state index is 0.435. The van der Waals surface area contributed by atoms with E-state index in [1.165, 1.54) is 25.7 Å². The van der Waals surface area contributed by atoms with Crippen molar-refractivity contribution < 1.29 is 4.74 Å². The van der Waals surface area contributed by atoms with Crippen molar-refractivity contribution in [3.8, 4) is 0 Å². The molecular weight excluding hydrogens is 138 g/mol. The van der Waals surface area contributed by atoms with Gasteiger partial charge >= 0.3 is 0 Å². The van der Waals surface area contributed by atoms with Gasteiger partial charge in [-0.1, -0.05) is 13.3 Å². The van der Waals surface area contributed by atoms with Crippen LogP contribution < -0.4 is 5.32 Å². The van der Waals surface area contributed by atoms with Crippen molar-refractivity contribution in [1.82, 2.24) is 5.32 Å². The topological polar surface area (TPSA) is 21.3 Å². The number of ether oxygens (including phenoxy) is 1. The normalized spacial score (nSPS) is 34.1. The summed E-state index contributed by atoms with van der Waals surface area (Å²) in [6.45, 7) is 4.25. The highest BCUT2D eigenvalue weighted by Gasteiger charge is 2.45. The van der Waals surface area contributed by atoms with Crippen LogP contribution in [0.4, 0.5) is 0 Å². The third-order valence-corrected chi connectivity index (χ3v) is 2.76. The summed E-state index contributed by atoms with van der Waals surface area (Å²) in [5.41, 5.74) is 0.435. The Bertz CT molecular complexity index is 132. The summed E-state index contributed by atoms with van der Waals surface area (Å²) in [5, 5.41) is 3.58. The second kappa shape index (κ2) is 2.76. The average Bonchev–Trinajstić information content (AvgIpc) is 2.76. The predicted octanol–water partition coefficient (Wildman–Crippen LogP) is 1.31. The van der Waals surface area contributed by atoms with E-state index in [1.807, 2.05) is 0 Å². The molecule has 1 unspecified atom stereocenters. The first-order chi connectivity index (χ1) is 5.35. The van der Waals surface area contributed by atoms with Gasteiger partial charge in [0.1, 0.15) is 0 Å². The fourth-order valence-electron chi connectivity index (χ4n) is 1.70. The van der Waals surface area contributed by atoms with Gasteiger partial charge in [-0.3, -0.25) is 0 Å². The Morgan fingerprint density at radius 1 is 1.55 bits per heavy atom. The molecule has 2 nitrogen and oxygen atoms in total. The molecule has 1 spiro atoms. The van der Waals surface area contributed by atoms with E-state index in [2.05, 4.69) is 12.2 Å². The zero-order chi connectivity index (χ0) is 7.73. The number of morpholine rings is 1. The summed E-state index contributed by atoms with van der Waals surface area (Å²) in [6.07, 6.45) is 5.59. The summed E-state index contributed by atoms with van der Waals surface area (Å²) >= 11 is 0. The molecule has 64 valence electrons. The third-order valence-electron chi connectivity index (χ3n) is 2.76. The van der Waals surface area contributed by atoms with E-state index >= 15 is 0 Å². The lowest BCUT2D eigenvalue weighted by molar-refractivity contribution is -0.00741. The standard InChI is InChI=1S/C9H17NO/c1-2-3-8-6-10-9(4-5-9)7-11-8/h8,10H,2-7H2,1H3. The molecule has 1 N–H and O–H groups in total. The Balaban J connectivity index is 1.75. The number of nitrogens with one attached hydrogen (secondary N) is 1. The summed E-state index contributed by atoms with van der Waals surface area (Å²) in [6, 6.07) is 0. The van der Waals surface area contributed by atoms with Crippen molar-refractivity contribution in [3.05, 3.63) is 0 Å². The van der Waals surface area contributed by atoms with Crippen molar-refractivity contribution in [2.45, 2.75) is 44.2 Å². The van der Waals surface area contributed by atoms with Crippen LogP contribution in [0, 0.1) is 0 Å². The Morgan fingerprint density at radius 2 is 2.36 bits per heavy atom. The Hall–Kier alpha value is -0.0800. The molecule has 2 fully saturated rings. The molecule has 0 aromatic heterocycles. The van der Waals surface area contributed by atoms with Crippen LogP contribution in [0.2, 0.25) is 0 Å². The molecule has 1 saturated heterocycles. The molecule has 11 heavy (non-hydrogen) atoms. The van der Waals surface area contributed by atoms with E-state index in [0.29, 0.717) is 11.6 Å². The molecule has 1 aliphatic heterocycles. The maximum absolute atomic E-state index is 5.73. The van der Waals surface area contributed by atoms with Gasteiger partial charge in [0.2, 0.25) is 0 Å². The summed E-state index contributed by atoms with van der Waals surface area (Å²) in [5.74, 6) is 0. The molecular formula is C9H17NO. The first-order valence-electron chi connectivity index (χ1n) is 4.71. The van der Waals surface area contributed by atoms with Crippen molar-refractivity contribution in [1.29, 1.82) is 0 Å². The van der Waals surface area contributed by atoms with Crippen LogP contribution in [-0.2, 0) is 4.74 Å². The molecule has 1 saturated carbocycles. The van der Waals surface area contributed by atoms with Crippen molar-refractivity contribution in [2.75, 3.05) is 13.2 Å². The molecule has 0 aromatic rings. The Labute approximate surface area is 68.3 Å². The molecule has 1 aliphatic carbocycles. The lowest BCUT2D eigenvalue weighted by Gasteiger charge is -2.30. The molecule has 1 heterocycles. The Kier molecular flexibility index (Phi) is 1.90. The highest BCUT2D eigenvalue weighted by atomic mass is 16.5. The fraction of sp³-hybridized carbons (Fsp3) is 1.00. The lowest BCUT2D eigenvalue weighted by atomic mass is 10.1. The second-order valence-electron chi connectivity index (χ2n) is 3.88. The van der Waals surface area contributed by atoms with Crippen LogP contribution >= 0.6 is 0 Å². The maximum Gasteiger partial charge on any atom is 0.0700 e.